The molecule has 0 unspecified atom stereocenters. The third kappa shape index (κ3) is 6.55. The highest BCUT2D eigenvalue weighted by molar-refractivity contribution is 5.74. The number of carbonyl (C=O) groups is 2. The average Bonchev–Trinajstić information content (AvgIpc) is 3.63. The van der Waals surface area contributed by atoms with Crippen molar-refractivity contribution < 1.29 is 23.6 Å². The largest absolute Gasteiger partial charge is 0.490 e. The van der Waals surface area contributed by atoms with Gasteiger partial charge < -0.3 is 24.6 Å². The lowest BCUT2D eigenvalue weighted by atomic mass is 9.97. The van der Waals surface area contributed by atoms with Crippen LogP contribution in [0.25, 0.3) is 22.8 Å². The van der Waals surface area contributed by atoms with Crippen molar-refractivity contribution in [1.82, 2.24) is 15.0 Å². The Labute approximate surface area is 227 Å². The number of aromatic nitrogens is 2. The second kappa shape index (κ2) is 12.4. The molecule has 0 spiro atoms. The van der Waals surface area contributed by atoms with Crippen LogP contribution in [0.2, 0.25) is 0 Å². The van der Waals surface area contributed by atoms with Crippen LogP contribution in [0.3, 0.4) is 0 Å². The first kappa shape index (κ1) is 27.6. The van der Waals surface area contributed by atoms with Crippen LogP contribution in [0.4, 0.5) is 4.79 Å². The average molecular weight is 532 g/mol. The Bertz CT molecular complexity index is 1370. The second-order valence-electron chi connectivity index (χ2n) is 9.83. The Morgan fingerprint density at radius 2 is 1.95 bits per heavy atom. The number of nitrogens with zero attached hydrogens (tertiary/aromatic N) is 4. The molecule has 0 radical (unpaired) electrons. The monoisotopic (exact) mass is 531 g/mol. The topological polar surface area (TPSA) is 145 Å². The van der Waals surface area contributed by atoms with Gasteiger partial charge in [-0.05, 0) is 75.3 Å². The number of carbonyl (C=O) groups excluding carboxylic acids is 2. The Morgan fingerprint density at radius 1 is 1.18 bits per heavy atom. The molecule has 1 aromatic heterocycles. The highest BCUT2D eigenvalue weighted by Gasteiger charge is 2.26. The summed E-state index contributed by atoms with van der Waals surface area (Å²) in [6.45, 7) is 4.96. The molecule has 39 heavy (non-hydrogen) atoms. The first-order chi connectivity index (χ1) is 18.8. The number of amides is 2. The van der Waals surface area contributed by atoms with Crippen LogP contribution in [0.5, 0.6) is 5.75 Å². The summed E-state index contributed by atoms with van der Waals surface area (Å²) in [4.78, 5) is 27.9. The number of fused-ring (bicyclic) bond motifs is 1. The lowest BCUT2D eigenvalue weighted by Crippen LogP contribution is -2.43. The van der Waals surface area contributed by atoms with Crippen molar-refractivity contribution in [1.29, 1.82) is 5.26 Å². The van der Waals surface area contributed by atoms with Crippen molar-refractivity contribution in [2.45, 2.75) is 52.1 Å². The molecule has 0 atom stereocenters. The number of hydrogen-bond donors (Lipinski definition) is 1. The van der Waals surface area contributed by atoms with Gasteiger partial charge in [0.1, 0.15) is 11.8 Å². The smallest absolute Gasteiger partial charge is 0.314 e. The minimum atomic E-state index is -0.414. The summed E-state index contributed by atoms with van der Waals surface area (Å²) in [5.74, 6) is 1.31. The normalized spacial score (nSPS) is 14.7. The van der Waals surface area contributed by atoms with Crippen LogP contribution in [0, 0.1) is 17.2 Å². The minimum absolute atomic E-state index is 0.00290. The van der Waals surface area contributed by atoms with Crippen LogP contribution in [-0.4, -0.2) is 53.3 Å². The number of nitriles is 1. The van der Waals surface area contributed by atoms with Gasteiger partial charge in [0.05, 0.1) is 24.7 Å². The summed E-state index contributed by atoms with van der Waals surface area (Å²) < 4.78 is 15.7. The molecule has 10 heteroatoms. The number of methoxy groups -OCH3 is 1. The van der Waals surface area contributed by atoms with Gasteiger partial charge in [-0.25, -0.2) is 4.79 Å². The molecular formula is C29H33N5O5. The predicted molar refractivity (Wildman–Crippen MR) is 144 cm³/mol. The quantitative estimate of drug-likeness (QED) is 0.474. The SMILES string of the molecule is CC(C)Oc1ccc(-c2nc(-c3cccc4c3CCC4)no2)cc1C#N.COC(=O)C1CCN(C(N)=O)CC1. The number of likely N-dealkylation sites (tertiary alicyclic amines) is 1. The zero-order valence-electron chi connectivity index (χ0n) is 22.5. The highest BCUT2D eigenvalue weighted by atomic mass is 16.5. The summed E-state index contributed by atoms with van der Waals surface area (Å²) in [6.07, 6.45) is 4.62. The molecule has 2 amide bonds. The number of ether oxygens (including phenoxy) is 2. The van der Waals surface area contributed by atoms with Gasteiger partial charge in [-0.1, -0.05) is 23.4 Å². The lowest BCUT2D eigenvalue weighted by molar-refractivity contribution is -0.146. The third-order valence-corrected chi connectivity index (χ3v) is 6.86. The van der Waals surface area contributed by atoms with Crippen LogP contribution < -0.4 is 10.5 Å². The van der Waals surface area contributed by atoms with E-state index in [-0.39, 0.29) is 18.0 Å². The zero-order chi connectivity index (χ0) is 27.9. The van der Waals surface area contributed by atoms with Crippen molar-refractivity contribution in [3.05, 3.63) is 53.1 Å². The molecule has 2 heterocycles. The first-order valence-electron chi connectivity index (χ1n) is 13.1. The highest BCUT2D eigenvalue weighted by Crippen LogP contribution is 2.33. The maximum atomic E-state index is 11.1. The van der Waals surface area contributed by atoms with Crippen molar-refractivity contribution in [2.75, 3.05) is 20.2 Å². The van der Waals surface area contributed by atoms with E-state index in [2.05, 4.69) is 27.0 Å². The molecule has 5 rings (SSSR count). The molecule has 10 nitrogen and oxygen atoms in total. The van der Waals surface area contributed by atoms with E-state index in [4.69, 9.17) is 15.0 Å². The first-order valence-corrected chi connectivity index (χ1v) is 13.1. The van der Waals surface area contributed by atoms with Crippen LogP contribution in [0.1, 0.15) is 49.8 Å². The molecule has 0 bridgehead atoms. The van der Waals surface area contributed by atoms with E-state index < -0.39 is 6.03 Å². The Morgan fingerprint density at radius 3 is 2.62 bits per heavy atom. The van der Waals surface area contributed by atoms with Gasteiger partial charge in [-0.3, -0.25) is 4.79 Å². The molecule has 1 aliphatic heterocycles. The zero-order valence-corrected chi connectivity index (χ0v) is 22.5. The number of hydrogen-bond acceptors (Lipinski definition) is 8. The number of rotatable bonds is 5. The van der Waals surface area contributed by atoms with E-state index in [9.17, 15) is 14.9 Å². The number of aryl methyl sites for hydroxylation is 1. The predicted octanol–water partition coefficient (Wildman–Crippen LogP) is 4.50. The molecule has 2 N–H and O–H groups in total. The van der Waals surface area contributed by atoms with E-state index in [1.807, 2.05) is 32.0 Å². The Balaban J connectivity index is 0.000000229. The summed E-state index contributed by atoms with van der Waals surface area (Å²) in [5, 5.41) is 13.6. The molecular weight excluding hydrogens is 498 g/mol. The second-order valence-corrected chi connectivity index (χ2v) is 9.83. The minimum Gasteiger partial charge on any atom is -0.490 e. The number of piperidine rings is 1. The number of primary amides is 1. The van der Waals surface area contributed by atoms with Gasteiger partial charge in [0.25, 0.3) is 5.89 Å². The summed E-state index contributed by atoms with van der Waals surface area (Å²) >= 11 is 0. The van der Waals surface area contributed by atoms with Gasteiger partial charge >= 0.3 is 12.0 Å². The van der Waals surface area contributed by atoms with E-state index in [0.717, 1.165) is 18.4 Å². The Hall–Kier alpha value is -4.39. The van der Waals surface area contributed by atoms with E-state index >= 15 is 0 Å². The Kier molecular flexibility index (Phi) is 8.81. The number of urea groups is 1. The van der Waals surface area contributed by atoms with Gasteiger partial charge in [0, 0.05) is 24.2 Å². The lowest BCUT2D eigenvalue weighted by Gasteiger charge is -2.29. The van der Waals surface area contributed by atoms with Gasteiger partial charge in [-0.2, -0.15) is 10.2 Å². The fourth-order valence-corrected chi connectivity index (χ4v) is 4.89. The molecule has 2 aromatic carbocycles. The fourth-order valence-electron chi connectivity index (χ4n) is 4.89. The van der Waals surface area contributed by atoms with E-state index in [1.54, 1.807) is 17.0 Å². The van der Waals surface area contributed by atoms with Crippen molar-refractivity contribution in [2.24, 2.45) is 11.7 Å². The number of benzene rings is 2. The maximum Gasteiger partial charge on any atom is 0.314 e. The van der Waals surface area contributed by atoms with E-state index in [0.29, 0.717) is 54.5 Å². The van der Waals surface area contributed by atoms with Crippen LogP contribution >= 0.6 is 0 Å². The van der Waals surface area contributed by atoms with E-state index in [1.165, 1.54) is 24.7 Å². The van der Waals surface area contributed by atoms with Crippen molar-refractivity contribution in [3.8, 4) is 34.7 Å². The molecule has 204 valence electrons. The molecule has 1 fully saturated rings. The standard InChI is InChI=1S/C21H19N3O2.C8H14N2O3/c1-13(2)25-19-10-9-15(11-16(19)12-22)21-23-20(24-26-21)18-8-4-6-14-5-3-7-17(14)18;1-13-7(11)6-2-4-10(5-3-6)8(9)12/h4,6,8-11,13H,3,5,7H2,1-2H3;6H,2-5H2,1H3,(H2,9,12). The van der Waals surface area contributed by atoms with Gasteiger partial charge in [0.15, 0.2) is 0 Å². The summed E-state index contributed by atoms with van der Waals surface area (Å²) in [5.41, 5.74) is 9.99. The molecule has 1 aliphatic carbocycles. The van der Waals surface area contributed by atoms with Crippen molar-refractivity contribution >= 4 is 12.0 Å². The summed E-state index contributed by atoms with van der Waals surface area (Å²) in [7, 11) is 1.38. The molecule has 0 saturated carbocycles. The molecule has 3 aromatic rings. The van der Waals surface area contributed by atoms with Gasteiger partial charge in [0.2, 0.25) is 5.82 Å². The summed E-state index contributed by atoms with van der Waals surface area (Å²) in [6, 6.07) is 13.3. The number of esters is 1. The molecule has 1 saturated heterocycles. The number of nitrogens with two attached hydrogens (primary N) is 1. The maximum absolute atomic E-state index is 11.1. The molecule has 2 aliphatic rings. The fraction of sp³-hybridized carbons (Fsp3) is 0.414. The third-order valence-electron chi connectivity index (χ3n) is 6.86. The van der Waals surface area contributed by atoms with Crippen LogP contribution in [0.15, 0.2) is 40.9 Å². The van der Waals surface area contributed by atoms with Crippen molar-refractivity contribution in [3.63, 3.8) is 0 Å². The van der Waals surface area contributed by atoms with Gasteiger partial charge in [-0.15, -0.1) is 0 Å². The van der Waals surface area contributed by atoms with Crippen LogP contribution in [-0.2, 0) is 22.4 Å².